The highest BCUT2D eigenvalue weighted by atomic mass is 16.5. The Kier molecular flexibility index (Phi) is 4.17. The Labute approximate surface area is 148 Å². The summed E-state index contributed by atoms with van der Waals surface area (Å²) in [6.07, 6.45) is 4.20. The second kappa shape index (κ2) is 6.48. The highest BCUT2D eigenvalue weighted by Crippen LogP contribution is 2.38. The average Bonchev–Trinajstić information content (AvgIpc) is 3.31. The van der Waals surface area contributed by atoms with Gasteiger partial charge in [0.15, 0.2) is 5.76 Å². The van der Waals surface area contributed by atoms with E-state index in [1.54, 1.807) is 0 Å². The molecule has 1 aliphatic rings. The molecule has 1 aromatic carbocycles. The fourth-order valence-corrected chi connectivity index (χ4v) is 3.75. The zero-order valence-electron chi connectivity index (χ0n) is 15.0. The lowest BCUT2D eigenvalue weighted by molar-refractivity contribution is 0.244. The number of hydrogen-bond acceptors (Lipinski definition) is 4. The first-order chi connectivity index (χ1) is 12.1. The maximum atomic E-state index is 5.58. The minimum atomic E-state index is 0.335. The van der Waals surface area contributed by atoms with Crippen LogP contribution in [0, 0.1) is 20.8 Å². The number of benzene rings is 1. The van der Waals surface area contributed by atoms with E-state index in [1.807, 2.05) is 13.1 Å². The van der Waals surface area contributed by atoms with Crippen LogP contribution in [0.15, 0.2) is 35.0 Å². The number of H-pyrrole nitrogens is 1. The number of aromatic nitrogens is 3. The van der Waals surface area contributed by atoms with E-state index in [2.05, 4.69) is 58.4 Å². The molecule has 5 nitrogen and oxygen atoms in total. The molecule has 2 aromatic heterocycles. The highest BCUT2D eigenvalue weighted by Gasteiger charge is 2.31. The maximum Gasteiger partial charge on any atom is 0.173 e. The smallest absolute Gasteiger partial charge is 0.173 e. The van der Waals surface area contributed by atoms with Crippen molar-refractivity contribution in [3.8, 4) is 11.3 Å². The Morgan fingerprint density at radius 1 is 1.24 bits per heavy atom. The predicted molar refractivity (Wildman–Crippen MR) is 97.1 cm³/mol. The Bertz CT molecular complexity index is 879. The van der Waals surface area contributed by atoms with Gasteiger partial charge in [0.1, 0.15) is 0 Å². The van der Waals surface area contributed by atoms with Gasteiger partial charge in [0.25, 0.3) is 0 Å². The monoisotopic (exact) mass is 336 g/mol. The predicted octanol–water partition coefficient (Wildman–Crippen LogP) is 4.33. The number of hydrogen-bond donors (Lipinski definition) is 1. The zero-order chi connectivity index (χ0) is 17.4. The third-order valence-corrected chi connectivity index (χ3v) is 5.40. The van der Waals surface area contributed by atoms with E-state index < -0.39 is 0 Å². The molecule has 0 aliphatic carbocycles. The van der Waals surface area contributed by atoms with Gasteiger partial charge in [-0.05, 0) is 51.3 Å². The molecule has 1 fully saturated rings. The minimum absolute atomic E-state index is 0.335. The van der Waals surface area contributed by atoms with Gasteiger partial charge >= 0.3 is 0 Å². The van der Waals surface area contributed by atoms with Crippen molar-refractivity contribution in [2.24, 2.45) is 0 Å². The van der Waals surface area contributed by atoms with Gasteiger partial charge in [-0.1, -0.05) is 29.4 Å². The molecule has 3 aromatic rings. The molecule has 1 saturated heterocycles. The summed E-state index contributed by atoms with van der Waals surface area (Å²) in [7, 11) is 0. The summed E-state index contributed by atoms with van der Waals surface area (Å²) in [5.41, 5.74) is 6.95. The van der Waals surface area contributed by atoms with Crippen LogP contribution in [-0.4, -0.2) is 26.8 Å². The molecule has 0 bridgehead atoms. The second-order valence-electron chi connectivity index (χ2n) is 6.97. The summed E-state index contributed by atoms with van der Waals surface area (Å²) >= 11 is 0. The van der Waals surface area contributed by atoms with Crippen molar-refractivity contribution in [2.45, 2.75) is 46.2 Å². The van der Waals surface area contributed by atoms with Gasteiger partial charge in [0, 0.05) is 12.1 Å². The Morgan fingerprint density at radius 2 is 2.08 bits per heavy atom. The topological polar surface area (TPSA) is 58.0 Å². The van der Waals surface area contributed by atoms with E-state index in [-0.39, 0.29) is 0 Å². The molecule has 0 amide bonds. The molecule has 0 spiro atoms. The van der Waals surface area contributed by atoms with Gasteiger partial charge in [-0.25, -0.2) is 0 Å². The number of rotatable bonds is 4. The van der Waals surface area contributed by atoms with Gasteiger partial charge in [-0.3, -0.25) is 10.00 Å². The number of nitrogens with zero attached hydrogens (tertiary/aromatic N) is 3. The first-order valence-corrected chi connectivity index (χ1v) is 8.90. The summed E-state index contributed by atoms with van der Waals surface area (Å²) in [4.78, 5) is 2.54. The van der Waals surface area contributed by atoms with Crippen molar-refractivity contribution in [3.05, 3.63) is 58.5 Å². The van der Waals surface area contributed by atoms with Crippen LogP contribution in [-0.2, 0) is 6.54 Å². The summed E-state index contributed by atoms with van der Waals surface area (Å²) in [6.45, 7) is 8.28. The summed E-state index contributed by atoms with van der Waals surface area (Å²) in [6, 6.07) is 8.96. The largest absolute Gasteiger partial charge is 0.356 e. The Morgan fingerprint density at radius 3 is 2.84 bits per heavy atom. The first kappa shape index (κ1) is 16.1. The van der Waals surface area contributed by atoms with E-state index >= 15 is 0 Å². The lowest BCUT2D eigenvalue weighted by atomic mass is 10.0. The highest BCUT2D eigenvalue weighted by molar-refractivity contribution is 5.64. The number of likely N-dealkylation sites (tertiary alicyclic amines) is 1. The molecule has 25 heavy (non-hydrogen) atoms. The molecular weight excluding hydrogens is 312 g/mol. The Hall–Kier alpha value is -2.40. The van der Waals surface area contributed by atoms with Crippen LogP contribution in [0.2, 0.25) is 0 Å². The molecule has 1 N–H and O–H groups in total. The fourth-order valence-electron chi connectivity index (χ4n) is 3.75. The first-order valence-electron chi connectivity index (χ1n) is 8.90. The SMILES string of the molecule is Cc1ccccc1CN1CCCC1c1[nH]ncc1-c1onc(C)c1C. The van der Waals surface area contributed by atoms with Crippen molar-refractivity contribution >= 4 is 0 Å². The standard InChI is InChI=1S/C20H24N4O/c1-13-7-4-5-8-16(13)12-24-10-6-9-18(24)19-17(11-21-22-19)20-14(2)15(3)23-25-20/h4-5,7-8,11,18H,6,9-10,12H2,1-3H3,(H,21,22). The van der Waals surface area contributed by atoms with Crippen LogP contribution in [0.4, 0.5) is 0 Å². The summed E-state index contributed by atoms with van der Waals surface area (Å²) in [5.74, 6) is 0.837. The third kappa shape index (κ3) is 2.89. The zero-order valence-corrected chi connectivity index (χ0v) is 15.0. The van der Waals surface area contributed by atoms with Crippen molar-refractivity contribution in [3.63, 3.8) is 0 Å². The normalized spacial score (nSPS) is 18.1. The molecule has 3 heterocycles. The maximum absolute atomic E-state index is 5.58. The molecule has 1 aliphatic heterocycles. The Balaban J connectivity index is 1.65. The van der Waals surface area contributed by atoms with Crippen LogP contribution >= 0.6 is 0 Å². The molecule has 1 unspecified atom stereocenters. The van der Waals surface area contributed by atoms with E-state index in [4.69, 9.17) is 4.52 Å². The van der Waals surface area contributed by atoms with Crippen molar-refractivity contribution in [2.75, 3.05) is 6.54 Å². The van der Waals surface area contributed by atoms with Crippen molar-refractivity contribution in [1.82, 2.24) is 20.3 Å². The van der Waals surface area contributed by atoms with Crippen LogP contribution in [0.3, 0.4) is 0 Å². The van der Waals surface area contributed by atoms with E-state index in [0.717, 1.165) is 47.8 Å². The summed E-state index contributed by atoms with van der Waals surface area (Å²) in [5, 5.41) is 11.7. The minimum Gasteiger partial charge on any atom is -0.356 e. The molecule has 0 saturated carbocycles. The van der Waals surface area contributed by atoms with Crippen LogP contribution < -0.4 is 0 Å². The quantitative estimate of drug-likeness (QED) is 0.770. The third-order valence-electron chi connectivity index (χ3n) is 5.40. The van der Waals surface area contributed by atoms with Crippen molar-refractivity contribution in [1.29, 1.82) is 0 Å². The van der Waals surface area contributed by atoms with Crippen molar-refractivity contribution < 1.29 is 4.52 Å². The number of aryl methyl sites for hydroxylation is 2. The van der Waals surface area contributed by atoms with Crippen LogP contribution in [0.1, 0.15) is 47.0 Å². The molecular formula is C20H24N4O. The molecule has 130 valence electrons. The lowest BCUT2D eigenvalue weighted by Crippen LogP contribution is -2.23. The van der Waals surface area contributed by atoms with E-state index in [9.17, 15) is 0 Å². The van der Waals surface area contributed by atoms with E-state index in [0.29, 0.717) is 6.04 Å². The van der Waals surface area contributed by atoms with Gasteiger partial charge < -0.3 is 4.52 Å². The lowest BCUT2D eigenvalue weighted by Gasteiger charge is -2.25. The molecule has 4 rings (SSSR count). The van der Waals surface area contributed by atoms with Gasteiger partial charge in [0.2, 0.25) is 0 Å². The van der Waals surface area contributed by atoms with Crippen LogP contribution in [0.25, 0.3) is 11.3 Å². The fraction of sp³-hybridized carbons (Fsp3) is 0.400. The average molecular weight is 336 g/mol. The van der Waals surface area contributed by atoms with Gasteiger partial charge in [-0.2, -0.15) is 5.10 Å². The molecule has 0 radical (unpaired) electrons. The molecule has 1 atom stereocenters. The van der Waals surface area contributed by atoms with Gasteiger partial charge in [0.05, 0.1) is 29.2 Å². The molecule has 5 heteroatoms. The number of aromatic amines is 1. The summed E-state index contributed by atoms with van der Waals surface area (Å²) < 4.78 is 5.58. The van der Waals surface area contributed by atoms with Crippen LogP contribution in [0.5, 0.6) is 0 Å². The van der Waals surface area contributed by atoms with E-state index in [1.165, 1.54) is 17.5 Å². The van der Waals surface area contributed by atoms with Gasteiger partial charge in [-0.15, -0.1) is 0 Å². The second-order valence-corrected chi connectivity index (χ2v) is 6.97. The number of nitrogens with one attached hydrogen (secondary N) is 1.